The van der Waals surface area contributed by atoms with Crippen LogP contribution in [0.3, 0.4) is 0 Å². The molecule has 0 aliphatic rings. The lowest BCUT2D eigenvalue weighted by molar-refractivity contribution is -0.121. The minimum atomic E-state index is -0.365. The summed E-state index contributed by atoms with van der Waals surface area (Å²) in [6, 6.07) is 9.20. The van der Waals surface area contributed by atoms with Crippen LogP contribution in [0.25, 0.3) is 0 Å². The molecule has 2 aromatic rings. The molecule has 1 aromatic carbocycles. The predicted molar refractivity (Wildman–Crippen MR) is 90.0 cm³/mol. The molecule has 0 unspecified atom stereocenters. The van der Waals surface area contributed by atoms with Gasteiger partial charge in [0.15, 0.2) is 0 Å². The van der Waals surface area contributed by atoms with Crippen molar-refractivity contribution < 1.29 is 14.3 Å². The number of amides is 2. The number of rotatable bonds is 5. The maximum atomic E-state index is 11.9. The van der Waals surface area contributed by atoms with Crippen LogP contribution in [-0.4, -0.2) is 23.5 Å². The third-order valence-electron chi connectivity index (χ3n) is 3.32. The highest BCUT2D eigenvalue weighted by atomic mass is 79.9. The van der Waals surface area contributed by atoms with E-state index in [1.54, 1.807) is 31.0 Å². The van der Waals surface area contributed by atoms with Gasteiger partial charge in [-0.3, -0.25) is 20.4 Å². The molecule has 122 valence electrons. The lowest BCUT2D eigenvalue weighted by Crippen LogP contribution is -2.42. The zero-order valence-corrected chi connectivity index (χ0v) is 14.5. The van der Waals surface area contributed by atoms with Crippen LogP contribution in [0.4, 0.5) is 0 Å². The lowest BCUT2D eigenvalue weighted by Gasteiger charge is -2.08. The second-order valence-electron chi connectivity index (χ2n) is 5.00. The fraction of sp³-hybridized carbons (Fsp3) is 0.250. The van der Waals surface area contributed by atoms with E-state index in [-0.39, 0.29) is 18.2 Å². The molecule has 0 spiro atoms. The zero-order valence-electron chi connectivity index (χ0n) is 12.9. The molecule has 1 heterocycles. The molecule has 0 atom stereocenters. The third-order valence-corrected chi connectivity index (χ3v) is 3.75. The molecule has 0 bridgehead atoms. The molecule has 1 aromatic heterocycles. The number of methoxy groups -OCH3 is 1. The van der Waals surface area contributed by atoms with Crippen molar-refractivity contribution in [3.8, 4) is 5.75 Å². The molecule has 0 fully saturated rings. The van der Waals surface area contributed by atoms with Gasteiger partial charge in [0.1, 0.15) is 11.4 Å². The highest BCUT2D eigenvalue weighted by Crippen LogP contribution is 2.13. The number of aryl methyl sites for hydroxylation is 2. The molecule has 0 saturated heterocycles. The predicted octanol–water partition coefficient (Wildman–Crippen LogP) is 2.19. The van der Waals surface area contributed by atoms with Gasteiger partial charge in [-0.1, -0.05) is 12.1 Å². The molecule has 2 rings (SSSR count). The molecular formula is C16H18BrN3O3. The van der Waals surface area contributed by atoms with Crippen molar-refractivity contribution in [1.82, 2.24) is 15.4 Å². The van der Waals surface area contributed by atoms with Crippen LogP contribution in [-0.2, 0) is 18.3 Å². The summed E-state index contributed by atoms with van der Waals surface area (Å²) in [5.41, 5.74) is 6.30. The number of hydrogen-bond donors (Lipinski definition) is 2. The first-order valence-electron chi connectivity index (χ1n) is 7.03. The van der Waals surface area contributed by atoms with Crippen LogP contribution >= 0.6 is 15.9 Å². The van der Waals surface area contributed by atoms with Crippen LogP contribution in [0.15, 0.2) is 41.0 Å². The maximum absolute atomic E-state index is 11.9. The maximum Gasteiger partial charge on any atom is 0.286 e. The van der Waals surface area contributed by atoms with Crippen molar-refractivity contribution in [3.05, 3.63) is 52.3 Å². The van der Waals surface area contributed by atoms with E-state index in [1.807, 2.05) is 24.3 Å². The summed E-state index contributed by atoms with van der Waals surface area (Å²) in [5, 5.41) is 0. The number of carbonyl (C=O) groups excluding carboxylic acids is 2. The molecule has 0 aliphatic carbocycles. The summed E-state index contributed by atoms with van der Waals surface area (Å²) < 4.78 is 7.55. The molecule has 7 heteroatoms. The second kappa shape index (κ2) is 7.82. The smallest absolute Gasteiger partial charge is 0.286 e. The van der Waals surface area contributed by atoms with E-state index in [9.17, 15) is 9.59 Å². The van der Waals surface area contributed by atoms with Gasteiger partial charge in [-0.2, -0.15) is 0 Å². The van der Waals surface area contributed by atoms with Gasteiger partial charge in [-0.25, -0.2) is 0 Å². The van der Waals surface area contributed by atoms with Crippen LogP contribution < -0.4 is 15.6 Å². The highest BCUT2D eigenvalue weighted by molar-refractivity contribution is 9.10. The molecule has 2 amide bonds. The number of aromatic nitrogens is 1. The van der Waals surface area contributed by atoms with E-state index in [2.05, 4.69) is 26.8 Å². The molecule has 0 radical (unpaired) electrons. The number of halogens is 1. The van der Waals surface area contributed by atoms with Crippen molar-refractivity contribution in [3.63, 3.8) is 0 Å². The number of hydrazine groups is 1. The Bertz CT molecular complexity index is 695. The number of ether oxygens (including phenoxy) is 1. The van der Waals surface area contributed by atoms with E-state index in [4.69, 9.17) is 4.74 Å². The van der Waals surface area contributed by atoms with E-state index in [1.165, 1.54) is 0 Å². The Morgan fingerprint density at radius 3 is 2.48 bits per heavy atom. The fourth-order valence-electron chi connectivity index (χ4n) is 2.05. The molecule has 6 nitrogen and oxygen atoms in total. The van der Waals surface area contributed by atoms with Gasteiger partial charge in [-0.05, 0) is 46.1 Å². The van der Waals surface area contributed by atoms with E-state index >= 15 is 0 Å². The molecular weight excluding hydrogens is 362 g/mol. The SMILES string of the molecule is COc1ccc(CCC(=O)NNC(=O)c2cc(Br)cn2C)cc1. The summed E-state index contributed by atoms with van der Waals surface area (Å²) in [6.45, 7) is 0. The number of nitrogens with one attached hydrogen (secondary N) is 2. The quantitative estimate of drug-likeness (QED) is 0.782. The van der Waals surface area contributed by atoms with Gasteiger partial charge < -0.3 is 9.30 Å². The number of hydrogen-bond acceptors (Lipinski definition) is 3. The molecule has 23 heavy (non-hydrogen) atoms. The standard InChI is InChI=1S/C16H18BrN3O3/c1-20-10-12(17)9-14(20)16(22)19-18-15(21)8-5-11-3-6-13(23-2)7-4-11/h3-4,6-7,9-10H,5,8H2,1-2H3,(H,18,21)(H,19,22). The minimum Gasteiger partial charge on any atom is -0.497 e. The lowest BCUT2D eigenvalue weighted by atomic mass is 10.1. The van der Waals surface area contributed by atoms with Gasteiger partial charge in [0.2, 0.25) is 5.91 Å². The summed E-state index contributed by atoms with van der Waals surface area (Å²) in [5.74, 6) is 0.164. The second-order valence-corrected chi connectivity index (χ2v) is 5.92. The Morgan fingerprint density at radius 2 is 1.91 bits per heavy atom. The van der Waals surface area contributed by atoms with Crippen molar-refractivity contribution >= 4 is 27.7 Å². The van der Waals surface area contributed by atoms with Gasteiger partial charge in [-0.15, -0.1) is 0 Å². The van der Waals surface area contributed by atoms with Crippen LogP contribution in [0.2, 0.25) is 0 Å². The Morgan fingerprint density at radius 1 is 1.22 bits per heavy atom. The largest absolute Gasteiger partial charge is 0.497 e. The topological polar surface area (TPSA) is 72.4 Å². The van der Waals surface area contributed by atoms with E-state index in [0.29, 0.717) is 12.1 Å². The van der Waals surface area contributed by atoms with Crippen LogP contribution in [0.1, 0.15) is 22.5 Å². The summed E-state index contributed by atoms with van der Waals surface area (Å²) in [4.78, 5) is 23.7. The summed E-state index contributed by atoms with van der Waals surface area (Å²) >= 11 is 3.30. The monoisotopic (exact) mass is 379 g/mol. The van der Waals surface area contributed by atoms with Crippen molar-refractivity contribution in [2.75, 3.05) is 7.11 Å². The first-order chi connectivity index (χ1) is 11.0. The van der Waals surface area contributed by atoms with Gasteiger partial charge in [0.25, 0.3) is 5.91 Å². The Balaban J connectivity index is 1.78. The third kappa shape index (κ3) is 4.85. The average molecular weight is 380 g/mol. The Kier molecular flexibility index (Phi) is 5.81. The van der Waals surface area contributed by atoms with E-state index in [0.717, 1.165) is 15.8 Å². The minimum absolute atomic E-state index is 0.248. The van der Waals surface area contributed by atoms with Crippen molar-refractivity contribution in [1.29, 1.82) is 0 Å². The summed E-state index contributed by atoms with van der Waals surface area (Å²) in [7, 11) is 3.36. The highest BCUT2D eigenvalue weighted by Gasteiger charge is 2.11. The van der Waals surface area contributed by atoms with Gasteiger partial charge in [0, 0.05) is 24.1 Å². The van der Waals surface area contributed by atoms with Crippen LogP contribution in [0, 0.1) is 0 Å². The normalized spacial score (nSPS) is 10.2. The van der Waals surface area contributed by atoms with E-state index < -0.39 is 0 Å². The first-order valence-corrected chi connectivity index (χ1v) is 7.83. The molecule has 0 aliphatic heterocycles. The Labute approximate surface area is 142 Å². The van der Waals surface area contributed by atoms with Gasteiger partial charge in [0.05, 0.1) is 7.11 Å². The summed E-state index contributed by atoms with van der Waals surface area (Å²) in [6.07, 6.45) is 2.63. The fourth-order valence-corrected chi connectivity index (χ4v) is 2.58. The molecule has 0 saturated carbocycles. The average Bonchev–Trinajstić information content (AvgIpc) is 2.89. The van der Waals surface area contributed by atoms with Gasteiger partial charge >= 0.3 is 0 Å². The zero-order chi connectivity index (χ0) is 16.8. The first kappa shape index (κ1) is 17.1. The number of nitrogens with zero attached hydrogens (tertiary/aromatic N) is 1. The Hall–Kier alpha value is -2.28. The number of benzene rings is 1. The van der Waals surface area contributed by atoms with Crippen molar-refractivity contribution in [2.45, 2.75) is 12.8 Å². The number of carbonyl (C=O) groups is 2. The van der Waals surface area contributed by atoms with Crippen molar-refractivity contribution in [2.24, 2.45) is 7.05 Å². The van der Waals surface area contributed by atoms with Crippen LogP contribution in [0.5, 0.6) is 5.75 Å². The molecule has 2 N–H and O–H groups in total.